The van der Waals surface area contributed by atoms with Crippen LogP contribution < -0.4 is 5.32 Å². The molecule has 24 heavy (non-hydrogen) atoms. The Bertz CT molecular complexity index is 673. The Labute approximate surface area is 142 Å². The summed E-state index contributed by atoms with van der Waals surface area (Å²) in [6, 6.07) is -0.913. The molecule has 0 aliphatic heterocycles. The zero-order valence-corrected chi connectivity index (χ0v) is 14.8. The molecule has 0 fully saturated rings. The van der Waals surface area contributed by atoms with Crippen LogP contribution in [0.15, 0.2) is 0 Å². The van der Waals surface area contributed by atoms with Crippen LogP contribution in [0.5, 0.6) is 0 Å². The Morgan fingerprint density at radius 1 is 1.33 bits per heavy atom. The Morgan fingerprint density at radius 3 is 2.58 bits per heavy atom. The summed E-state index contributed by atoms with van der Waals surface area (Å²) in [5, 5.41) is 11.8. The van der Waals surface area contributed by atoms with Crippen molar-refractivity contribution in [3.63, 3.8) is 0 Å². The van der Waals surface area contributed by atoms with Gasteiger partial charge in [0, 0.05) is 17.7 Å². The summed E-state index contributed by atoms with van der Waals surface area (Å²) in [6.07, 6.45) is 3.13. The number of fused-ring (bicyclic) bond motifs is 1. The third-order valence-electron chi connectivity index (χ3n) is 4.58. The van der Waals surface area contributed by atoms with Crippen LogP contribution in [0.4, 0.5) is 0 Å². The average molecular weight is 334 g/mol. The number of carboxylic acids is 1. The lowest BCUT2D eigenvalue weighted by Crippen LogP contribution is -2.41. The number of hydrogen-bond donors (Lipinski definition) is 3. The summed E-state index contributed by atoms with van der Waals surface area (Å²) < 4.78 is 0. The van der Waals surface area contributed by atoms with Crippen molar-refractivity contribution in [1.82, 2.24) is 10.3 Å². The molecule has 1 atom stereocenters. The number of carboxylic acid groups (broad SMARTS) is 1. The van der Waals surface area contributed by atoms with Crippen LogP contribution >= 0.6 is 0 Å². The minimum absolute atomic E-state index is 0.0369. The lowest BCUT2D eigenvalue weighted by molar-refractivity contribution is -0.139. The molecule has 6 nitrogen and oxygen atoms in total. The second kappa shape index (κ2) is 6.79. The van der Waals surface area contributed by atoms with Gasteiger partial charge in [-0.05, 0) is 30.7 Å². The fraction of sp³-hybridized carbons (Fsp3) is 0.611. The molecule has 1 aromatic rings. The molecule has 0 bridgehead atoms. The number of ketones is 1. The molecule has 0 aromatic carbocycles. The standard InChI is InChI=1S/C18H26N2O4/c1-5-6-7-11(17(23)24)20-16(22)15-10(2)14-12(19-15)8-18(3,4)9-13(14)21/h11,19H,5-9H2,1-4H3,(H,20,22)(H,23,24). The van der Waals surface area contributed by atoms with Crippen molar-refractivity contribution in [2.24, 2.45) is 5.41 Å². The zero-order valence-electron chi connectivity index (χ0n) is 14.8. The van der Waals surface area contributed by atoms with E-state index in [1.54, 1.807) is 6.92 Å². The largest absolute Gasteiger partial charge is 0.480 e. The van der Waals surface area contributed by atoms with Crippen LogP contribution in [0.25, 0.3) is 0 Å². The first-order chi connectivity index (χ1) is 11.2. The molecule has 1 aromatic heterocycles. The number of aromatic amines is 1. The summed E-state index contributed by atoms with van der Waals surface area (Å²) >= 11 is 0. The maximum Gasteiger partial charge on any atom is 0.326 e. The second-order valence-electron chi connectivity index (χ2n) is 7.43. The predicted octanol–water partition coefficient (Wildman–Crippen LogP) is 2.85. The van der Waals surface area contributed by atoms with E-state index in [-0.39, 0.29) is 11.2 Å². The SMILES string of the molecule is CCCCC(NC(=O)c1[nH]c2c(c1C)C(=O)CC(C)(C)C2)C(=O)O. The lowest BCUT2D eigenvalue weighted by Gasteiger charge is -2.28. The van der Waals surface area contributed by atoms with Gasteiger partial charge >= 0.3 is 5.97 Å². The van der Waals surface area contributed by atoms with Gasteiger partial charge < -0.3 is 15.4 Å². The number of nitrogens with one attached hydrogen (secondary N) is 2. The minimum Gasteiger partial charge on any atom is -0.480 e. The number of rotatable bonds is 6. The number of amides is 1. The molecule has 0 spiro atoms. The van der Waals surface area contributed by atoms with Crippen LogP contribution in [-0.2, 0) is 11.2 Å². The van der Waals surface area contributed by atoms with Crippen LogP contribution in [-0.4, -0.2) is 33.8 Å². The molecule has 132 valence electrons. The Hall–Kier alpha value is -2.11. The predicted molar refractivity (Wildman–Crippen MR) is 90.4 cm³/mol. The number of H-pyrrole nitrogens is 1. The number of carbonyl (C=O) groups excluding carboxylic acids is 2. The van der Waals surface area contributed by atoms with E-state index in [2.05, 4.69) is 10.3 Å². The third kappa shape index (κ3) is 3.68. The average Bonchev–Trinajstić information content (AvgIpc) is 2.78. The minimum atomic E-state index is -1.04. The molecule has 2 rings (SSSR count). The first-order valence-corrected chi connectivity index (χ1v) is 8.44. The van der Waals surface area contributed by atoms with Gasteiger partial charge in [-0.2, -0.15) is 0 Å². The fourth-order valence-electron chi connectivity index (χ4n) is 3.36. The van der Waals surface area contributed by atoms with Gasteiger partial charge in [0.2, 0.25) is 0 Å². The molecule has 1 heterocycles. The number of aromatic nitrogens is 1. The molecule has 3 N–H and O–H groups in total. The van der Waals surface area contributed by atoms with Gasteiger partial charge in [-0.3, -0.25) is 9.59 Å². The van der Waals surface area contributed by atoms with Crippen LogP contribution in [0, 0.1) is 12.3 Å². The first kappa shape index (κ1) is 18.2. The van der Waals surface area contributed by atoms with E-state index < -0.39 is 17.9 Å². The van der Waals surface area contributed by atoms with Crippen molar-refractivity contribution in [2.45, 2.75) is 65.8 Å². The van der Waals surface area contributed by atoms with E-state index in [0.29, 0.717) is 36.1 Å². The fourth-order valence-corrected chi connectivity index (χ4v) is 3.36. The molecule has 0 saturated carbocycles. The Kier molecular flexibility index (Phi) is 5.16. The van der Waals surface area contributed by atoms with Crippen molar-refractivity contribution in [3.8, 4) is 0 Å². The van der Waals surface area contributed by atoms with E-state index in [1.807, 2.05) is 20.8 Å². The van der Waals surface area contributed by atoms with Gasteiger partial charge in [0.05, 0.1) is 0 Å². The molecular weight excluding hydrogens is 308 g/mol. The number of Topliss-reactive ketones (excluding diaryl/α,β-unsaturated/α-hetero) is 1. The topological polar surface area (TPSA) is 99.3 Å². The molecular formula is C18H26N2O4. The first-order valence-electron chi connectivity index (χ1n) is 8.44. The van der Waals surface area contributed by atoms with Crippen molar-refractivity contribution < 1.29 is 19.5 Å². The van der Waals surface area contributed by atoms with Gasteiger partial charge in [-0.15, -0.1) is 0 Å². The molecule has 0 radical (unpaired) electrons. The van der Waals surface area contributed by atoms with E-state index in [4.69, 9.17) is 0 Å². The Balaban J connectivity index is 2.25. The van der Waals surface area contributed by atoms with E-state index in [0.717, 1.165) is 18.5 Å². The maximum absolute atomic E-state index is 12.5. The molecule has 1 amide bonds. The zero-order chi connectivity index (χ0) is 18.1. The summed E-state index contributed by atoms with van der Waals surface area (Å²) in [6.45, 7) is 7.75. The van der Waals surface area contributed by atoms with E-state index in [9.17, 15) is 19.5 Å². The maximum atomic E-state index is 12.5. The van der Waals surface area contributed by atoms with Crippen molar-refractivity contribution >= 4 is 17.7 Å². The number of carbonyl (C=O) groups is 3. The van der Waals surface area contributed by atoms with Crippen molar-refractivity contribution in [1.29, 1.82) is 0 Å². The van der Waals surface area contributed by atoms with Gasteiger partial charge in [-0.1, -0.05) is 33.6 Å². The number of hydrogen-bond acceptors (Lipinski definition) is 3. The molecule has 1 aliphatic carbocycles. The van der Waals surface area contributed by atoms with E-state index >= 15 is 0 Å². The Morgan fingerprint density at radius 2 is 2.00 bits per heavy atom. The van der Waals surface area contributed by atoms with Crippen molar-refractivity contribution in [3.05, 3.63) is 22.5 Å². The van der Waals surface area contributed by atoms with Crippen molar-refractivity contribution in [2.75, 3.05) is 0 Å². The van der Waals surface area contributed by atoms with Gasteiger partial charge in [0.15, 0.2) is 5.78 Å². The van der Waals surface area contributed by atoms with Crippen LogP contribution in [0.2, 0.25) is 0 Å². The third-order valence-corrected chi connectivity index (χ3v) is 4.58. The summed E-state index contributed by atoms with van der Waals surface area (Å²) in [5.41, 5.74) is 2.15. The number of aliphatic carboxylic acids is 1. The van der Waals surface area contributed by atoms with Crippen LogP contribution in [0.3, 0.4) is 0 Å². The highest BCUT2D eigenvalue weighted by atomic mass is 16.4. The highest BCUT2D eigenvalue weighted by Crippen LogP contribution is 2.36. The van der Waals surface area contributed by atoms with E-state index in [1.165, 1.54) is 0 Å². The lowest BCUT2D eigenvalue weighted by atomic mass is 9.75. The quantitative estimate of drug-likeness (QED) is 0.745. The monoisotopic (exact) mass is 334 g/mol. The second-order valence-corrected chi connectivity index (χ2v) is 7.43. The van der Waals surface area contributed by atoms with Gasteiger partial charge in [0.25, 0.3) is 5.91 Å². The molecule has 0 saturated heterocycles. The number of unbranched alkanes of at least 4 members (excludes halogenated alkanes) is 1. The summed E-state index contributed by atoms with van der Waals surface area (Å²) in [4.78, 5) is 39.3. The van der Waals surface area contributed by atoms with Gasteiger partial charge in [-0.25, -0.2) is 4.79 Å². The highest BCUT2D eigenvalue weighted by Gasteiger charge is 2.35. The van der Waals surface area contributed by atoms with Gasteiger partial charge in [0.1, 0.15) is 11.7 Å². The highest BCUT2D eigenvalue weighted by molar-refractivity contribution is 6.05. The molecule has 6 heteroatoms. The normalized spacial score (nSPS) is 17.2. The van der Waals surface area contributed by atoms with Crippen LogP contribution in [0.1, 0.15) is 78.6 Å². The smallest absolute Gasteiger partial charge is 0.326 e. The summed E-state index contributed by atoms with van der Waals surface area (Å²) in [7, 11) is 0. The molecule has 1 unspecified atom stereocenters. The molecule has 1 aliphatic rings. The summed E-state index contributed by atoms with van der Waals surface area (Å²) in [5.74, 6) is -1.46.